The van der Waals surface area contributed by atoms with Crippen LogP contribution in [-0.4, -0.2) is 32.0 Å². The first-order valence-electron chi connectivity index (χ1n) is 7.04. The molecule has 3 N–H and O–H groups in total. The van der Waals surface area contributed by atoms with Crippen LogP contribution in [0.15, 0.2) is 18.2 Å². The van der Waals surface area contributed by atoms with E-state index in [1.807, 2.05) is 32.0 Å². The van der Waals surface area contributed by atoms with Crippen molar-refractivity contribution in [2.24, 2.45) is 11.1 Å². The number of ether oxygens (including phenoxy) is 3. The first-order chi connectivity index (χ1) is 10.0. The Balaban J connectivity index is 1.71. The van der Waals surface area contributed by atoms with Gasteiger partial charge in [-0.1, -0.05) is 6.07 Å². The second-order valence-corrected chi connectivity index (χ2v) is 5.85. The van der Waals surface area contributed by atoms with Gasteiger partial charge in [-0.2, -0.15) is 0 Å². The maximum atomic E-state index is 12.5. The number of nitrogens with two attached hydrogens (primary N) is 1. The summed E-state index contributed by atoms with van der Waals surface area (Å²) in [5, 5.41) is 3.00. The fourth-order valence-electron chi connectivity index (χ4n) is 2.55. The van der Waals surface area contributed by atoms with Crippen LogP contribution in [0.1, 0.15) is 25.5 Å². The van der Waals surface area contributed by atoms with Gasteiger partial charge in [0, 0.05) is 6.04 Å². The monoisotopic (exact) mass is 292 g/mol. The third kappa shape index (κ3) is 2.45. The number of amides is 1. The fraction of sp³-hybridized carbons (Fsp3) is 0.533. The van der Waals surface area contributed by atoms with E-state index in [-0.39, 0.29) is 24.8 Å². The number of benzene rings is 1. The molecular formula is C15H20N2O4. The molecule has 1 saturated heterocycles. The minimum absolute atomic E-state index is 0.0855. The predicted molar refractivity (Wildman–Crippen MR) is 76.0 cm³/mol. The molecule has 2 heterocycles. The van der Waals surface area contributed by atoms with Crippen LogP contribution in [0, 0.1) is 5.41 Å². The summed E-state index contributed by atoms with van der Waals surface area (Å²) in [6.07, 6.45) is 0. The number of rotatable bonds is 3. The van der Waals surface area contributed by atoms with Crippen molar-refractivity contribution in [3.8, 4) is 11.5 Å². The molecule has 2 aliphatic rings. The molecule has 0 spiro atoms. The van der Waals surface area contributed by atoms with Crippen molar-refractivity contribution < 1.29 is 19.0 Å². The van der Waals surface area contributed by atoms with Gasteiger partial charge >= 0.3 is 0 Å². The van der Waals surface area contributed by atoms with E-state index < -0.39 is 5.41 Å². The summed E-state index contributed by atoms with van der Waals surface area (Å²) in [6, 6.07) is 5.25. The minimum atomic E-state index is -0.676. The Kier molecular flexibility index (Phi) is 3.51. The van der Waals surface area contributed by atoms with Gasteiger partial charge in [-0.25, -0.2) is 0 Å². The zero-order valence-corrected chi connectivity index (χ0v) is 12.2. The van der Waals surface area contributed by atoms with E-state index in [2.05, 4.69) is 5.32 Å². The molecule has 21 heavy (non-hydrogen) atoms. The molecule has 3 rings (SSSR count). The van der Waals surface area contributed by atoms with E-state index >= 15 is 0 Å². The molecule has 1 amide bonds. The van der Waals surface area contributed by atoms with Crippen molar-refractivity contribution in [2.45, 2.75) is 25.9 Å². The normalized spacial score (nSPS) is 28.4. The Morgan fingerprint density at radius 1 is 1.43 bits per heavy atom. The summed E-state index contributed by atoms with van der Waals surface area (Å²) < 4.78 is 16.0. The molecule has 0 saturated carbocycles. The number of fused-ring (bicyclic) bond motifs is 1. The molecule has 0 aromatic heterocycles. The number of carbonyl (C=O) groups is 1. The van der Waals surface area contributed by atoms with Crippen LogP contribution < -0.4 is 20.5 Å². The highest BCUT2D eigenvalue weighted by Gasteiger charge is 2.44. The molecular weight excluding hydrogens is 272 g/mol. The SMILES string of the molecule is CC(NC(=O)C1(C)COCC1N)c1ccc2c(c1)OCO2. The molecule has 1 fully saturated rings. The van der Waals surface area contributed by atoms with Crippen LogP contribution in [0.25, 0.3) is 0 Å². The van der Waals surface area contributed by atoms with Gasteiger partial charge in [0.2, 0.25) is 12.7 Å². The third-order valence-corrected chi connectivity index (χ3v) is 4.28. The van der Waals surface area contributed by atoms with Crippen molar-refractivity contribution in [1.82, 2.24) is 5.32 Å². The van der Waals surface area contributed by atoms with Gasteiger partial charge in [0.05, 0.1) is 24.7 Å². The van der Waals surface area contributed by atoms with E-state index in [4.69, 9.17) is 19.9 Å². The molecule has 6 heteroatoms. The van der Waals surface area contributed by atoms with Crippen molar-refractivity contribution in [3.05, 3.63) is 23.8 Å². The van der Waals surface area contributed by atoms with Gasteiger partial charge in [0.15, 0.2) is 11.5 Å². The fourth-order valence-corrected chi connectivity index (χ4v) is 2.55. The van der Waals surface area contributed by atoms with E-state index in [1.54, 1.807) is 0 Å². The first-order valence-corrected chi connectivity index (χ1v) is 7.04. The van der Waals surface area contributed by atoms with Crippen molar-refractivity contribution in [2.75, 3.05) is 20.0 Å². The van der Waals surface area contributed by atoms with Crippen LogP contribution >= 0.6 is 0 Å². The lowest BCUT2D eigenvalue weighted by molar-refractivity contribution is -0.131. The largest absolute Gasteiger partial charge is 0.454 e. The Hall–Kier alpha value is -1.79. The summed E-state index contributed by atoms with van der Waals surface area (Å²) >= 11 is 0. The molecule has 6 nitrogen and oxygen atoms in total. The van der Waals surface area contributed by atoms with Crippen LogP contribution in [0.4, 0.5) is 0 Å². The quantitative estimate of drug-likeness (QED) is 0.867. The number of nitrogens with one attached hydrogen (secondary N) is 1. The first kappa shape index (κ1) is 14.2. The van der Waals surface area contributed by atoms with Gasteiger partial charge in [-0.05, 0) is 31.5 Å². The van der Waals surface area contributed by atoms with Gasteiger partial charge in [0.25, 0.3) is 0 Å². The topological polar surface area (TPSA) is 82.8 Å². The van der Waals surface area contributed by atoms with Gasteiger partial charge in [-0.3, -0.25) is 4.79 Å². The zero-order chi connectivity index (χ0) is 15.0. The third-order valence-electron chi connectivity index (χ3n) is 4.28. The van der Waals surface area contributed by atoms with E-state index in [0.29, 0.717) is 19.0 Å². The number of carbonyl (C=O) groups excluding carboxylic acids is 1. The number of hydrogen-bond acceptors (Lipinski definition) is 5. The minimum Gasteiger partial charge on any atom is -0.454 e. The summed E-state index contributed by atoms with van der Waals surface area (Å²) in [5.74, 6) is 1.36. The molecule has 0 aliphatic carbocycles. The Bertz CT molecular complexity index is 563. The molecule has 0 bridgehead atoms. The van der Waals surface area contributed by atoms with E-state index in [1.165, 1.54) is 0 Å². The molecule has 2 aliphatic heterocycles. The molecule has 0 radical (unpaired) electrons. The number of hydrogen-bond donors (Lipinski definition) is 2. The second-order valence-electron chi connectivity index (χ2n) is 5.85. The highest BCUT2D eigenvalue weighted by Crippen LogP contribution is 2.34. The molecule has 1 aromatic carbocycles. The molecule has 1 aromatic rings. The van der Waals surface area contributed by atoms with Crippen molar-refractivity contribution in [3.63, 3.8) is 0 Å². The summed E-state index contributed by atoms with van der Waals surface area (Å²) in [7, 11) is 0. The Labute approximate surface area is 123 Å². The molecule has 114 valence electrons. The zero-order valence-electron chi connectivity index (χ0n) is 12.2. The maximum absolute atomic E-state index is 12.5. The van der Waals surface area contributed by atoms with Crippen LogP contribution in [0.3, 0.4) is 0 Å². The lowest BCUT2D eigenvalue weighted by atomic mass is 9.84. The van der Waals surface area contributed by atoms with Crippen molar-refractivity contribution >= 4 is 5.91 Å². The second kappa shape index (κ2) is 5.20. The summed E-state index contributed by atoms with van der Waals surface area (Å²) in [4.78, 5) is 12.5. The van der Waals surface area contributed by atoms with Gasteiger partial charge < -0.3 is 25.3 Å². The predicted octanol–water partition coefficient (Wildman–Crippen LogP) is 0.956. The average molecular weight is 292 g/mol. The Morgan fingerprint density at radius 2 is 2.19 bits per heavy atom. The van der Waals surface area contributed by atoms with Crippen molar-refractivity contribution in [1.29, 1.82) is 0 Å². The Morgan fingerprint density at radius 3 is 2.90 bits per heavy atom. The average Bonchev–Trinajstić information content (AvgIpc) is 3.06. The van der Waals surface area contributed by atoms with Crippen LogP contribution in [-0.2, 0) is 9.53 Å². The van der Waals surface area contributed by atoms with E-state index in [9.17, 15) is 4.79 Å². The van der Waals surface area contributed by atoms with Gasteiger partial charge in [-0.15, -0.1) is 0 Å². The lowest BCUT2D eigenvalue weighted by Gasteiger charge is -2.27. The van der Waals surface area contributed by atoms with Crippen LogP contribution in [0.2, 0.25) is 0 Å². The maximum Gasteiger partial charge on any atom is 0.231 e. The standard InChI is InChI=1S/C15H20N2O4/c1-9(10-3-4-11-12(5-10)21-8-20-11)17-14(18)15(2)7-19-6-13(15)16/h3-5,9,13H,6-8,16H2,1-2H3,(H,17,18). The van der Waals surface area contributed by atoms with E-state index in [0.717, 1.165) is 11.3 Å². The summed E-state index contributed by atoms with van der Waals surface area (Å²) in [6.45, 7) is 4.78. The highest BCUT2D eigenvalue weighted by molar-refractivity contribution is 5.84. The lowest BCUT2D eigenvalue weighted by Crippen LogP contribution is -2.50. The van der Waals surface area contributed by atoms with Crippen LogP contribution in [0.5, 0.6) is 11.5 Å². The van der Waals surface area contributed by atoms with Gasteiger partial charge in [0.1, 0.15) is 0 Å². The molecule has 3 unspecified atom stereocenters. The summed E-state index contributed by atoms with van der Waals surface area (Å²) in [5.41, 5.74) is 6.27. The highest BCUT2D eigenvalue weighted by atomic mass is 16.7. The molecule has 3 atom stereocenters. The smallest absolute Gasteiger partial charge is 0.231 e.